The van der Waals surface area contributed by atoms with Gasteiger partial charge in [0, 0.05) is 13.1 Å². The minimum absolute atomic E-state index is 0.133. The number of hydrogen-bond acceptors (Lipinski definition) is 5. The lowest BCUT2D eigenvalue weighted by molar-refractivity contribution is -0.125. The Bertz CT molecular complexity index is 884. The Morgan fingerprint density at radius 1 is 1.24 bits per heavy atom. The van der Waals surface area contributed by atoms with E-state index < -0.39 is 17.7 Å². The molecule has 0 saturated carbocycles. The third-order valence-electron chi connectivity index (χ3n) is 4.77. The van der Waals surface area contributed by atoms with E-state index in [1.165, 1.54) is 4.88 Å². The van der Waals surface area contributed by atoms with Gasteiger partial charge in [-0.15, -0.1) is 11.3 Å². The van der Waals surface area contributed by atoms with Gasteiger partial charge in [-0.3, -0.25) is 9.69 Å². The molecule has 2 amide bonds. The summed E-state index contributed by atoms with van der Waals surface area (Å²) in [6.45, 7) is 10.5. The van der Waals surface area contributed by atoms with Crippen molar-refractivity contribution in [1.29, 1.82) is 0 Å². The first-order valence-electron chi connectivity index (χ1n) is 9.95. The SMILES string of the molecule is Cc1nc(C)c(-c2ccc(CNC(=O)C3CCCN3C(=O)OC(C)(C)C)cc2)s1. The van der Waals surface area contributed by atoms with E-state index in [0.717, 1.165) is 28.2 Å². The van der Waals surface area contributed by atoms with E-state index in [2.05, 4.69) is 22.4 Å². The fraction of sp³-hybridized carbons (Fsp3) is 0.500. The number of thiazole rings is 1. The van der Waals surface area contributed by atoms with Crippen molar-refractivity contribution in [3.63, 3.8) is 0 Å². The van der Waals surface area contributed by atoms with Crippen molar-refractivity contribution in [2.45, 2.75) is 65.6 Å². The predicted octanol–water partition coefficient (Wildman–Crippen LogP) is 4.44. The molecule has 0 spiro atoms. The maximum Gasteiger partial charge on any atom is 0.410 e. The molecule has 6 nitrogen and oxygen atoms in total. The Morgan fingerprint density at radius 3 is 2.52 bits per heavy atom. The summed E-state index contributed by atoms with van der Waals surface area (Å²) >= 11 is 1.68. The molecule has 1 aliphatic heterocycles. The van der Waals surface area contributed by atoms with Crippen LogP contribution in [0.15, 0.2) is 24.3 Å². The zero-order valence-corrected chi connectivity index (χ0v) is 18.6. The Hall–Kier alpha value is -2.41. The van der Waals surface area contributed by atoms with E-state index in [1.54, 1.807) is 16.2 Å². The van der Waals surface area contributed by atoms with Crippen LogP contribution in [0.4, 0.5) is 4.79 Å². The summed E-state index contributed by atoms with van der Waals surface area (Å²) in [5.41, 5.74) is 2.62. The number of carbonyl (C=O) groups is 2. The lowest BCUT2D eigenvalue weighted by Gasteiger charge is -2.28. The molecule has 7 heteroatoms. The largest absolute Gasteiger partial charge is 0.444 e. The molecule has 1 N–H and O–H groups in total. The smallest absolute Gasteiger partial charge is 0.410 e. The lowest BCUT2D eigenvalue weighted by Crippen LogP contribution is -2.47. The molecule has 2 heterocycles. The number of aryl methyl sites for hydroxylation is 2. The Morgan fingerprint density at radius 2 is 1.93 bits per heavy atom. The molecule has 1 aromatic heterocycles. The van der Waals surface area contributed by atoms with Crippen LogP contribution >= 0.6 is 11.3 Å². The van der Waals surface area contributed by atoms with Crippen molar-refractivity contribution < 1.29 is 14.3 Å². The van der Waals surface area contributed by atoms with Crippen molar-refractivity contribution in [3.8, 4) is 10.4 Å². The summed E-state index contributed by atoms with van der Waals surface area (Å²) < 4.78 is 5.43. The number of nitrogens with zero attached hydrogens (tertiary/aromatic N) is 2. The van der Waals surface area contributed by atoms with E-state index in [0.29, 0.717) is 19.5 Å². The Labute approximate surface area is 176 Å². The topological polar surface area (TPSA) is 71.5 Å². The molecule has 3 rings (SSSR count). The minimum atomic E-state index is -0.572. The molecule has 1 atom stereocenters. The third-order valence-corrected chi connectivity index (χ3v) is 5.89. The fourth-order valence-electron chi connectivity index (χ4n) is 3.46. The first-order chi connectivity index (χ1) is 13.6. The molecule has 1 unspecified atom stereocenters. The second-order valence-corrected chi connectivity index (χ2v) is 9.60. The summed E-state index contributed by atoms with van der Waals surface area (Å²) in [4.78, 5) is 32.2. The van der Waals surface area contributed by atoms with Crippen LogP contribution in [0, 0.1) is 13.8 Å². The van der Waals surface area contributed by atoms with E-state index in [4.69, 9.17) is 4.74 Å². The van der Waals surface area contributed by atoms with Gasteiger partial charge in [-0.05, 0) is 58.6 Å². The number of hydrogen-bond donors (Lipinski definition) is 1. The first-order valence-corrected chi connectivity index (χ1v) is 10.8. The Balaban J connectivity index is 1.58. The van der Waals surface area contributed by atoms with Gasteiger partial charge < -0.3 is 10.1 Å². The van der Waals surface area contributed by atoms with E-state index in [1.807, 2.05) is 46.8 Å². The molecule has 1 saturated heterocycles. The number of nitrogens with one attached hydrogen (secondary N) is 1. The molecule has 1 aromatic carbocycles. The zero-order chi connectivity index (χ0) is 21.2. The van der Waals surface area contributed by atoms with Crippen molar-refractivity contribution in [2.75, 3.05) is 6.54 Å². The van der Waals surface area contributed by atoms with Crippen LogP contribution in [0.25, 0.3) is 10.4 Å². The van der Waals surface area contributed by atoms with Gasteiger partial charge in [0.25, 0.3) is 0 Å². The minimum Gasteiger partial charge on any atom is -0.444 e. The summed E-state index contributed by atoms with van der Waals surface area (Å²) in [5.74, 6) is -0.133. The molecule has 0 aliphatic carbocycles. The monoisotopic (exact) mass is 415 g/mol. The zero-order valence-electron chi connectivity index (χ0n) is 17.7. The number of carbonyl (C=O) groups excluding carboxylic acids is 2. The van der Waals surface area contributed by atoms with Crippen LogP contribution in [0.3, 0.4) is 0 Å². The fourth-order valence-corrected chi connectivity index (χ4v) is 4.38. The van der Waals surface area contributed by atoms with Crippen LogP contribution < -0.4 is 5.32 Å². The van der Waals surface area contributed by atoms with Gasteiger partial charge in [0.2, 0.25) is 5.91 Å². The number of benzene rings is 1. The van der Waals surface area contributed by atoms with E-state index in [9.17, 15) is 9.59 Å². The van der Waals surface area contributed by atoms with Crippen LogP contribution in [-0.2, 0) is 16.1 Å². The van der Waals surface area contributed by atoms with Gasteiger partial charge in [0.05, 0.1) is 15.6 Å². The summed E-state index contributed by atoms with van der Waals surface area (Å²) in [5, 5.41) is 4.02. The number of likely N-dealkylation sites (tertiary alicyclic amines) is 1. The second-order valence-electron chi connectivity index (χ2n) is 8.39. The second kappa shape index (κ2) is 8.53. The Kier molecular flexibility index (Phi) is 6.27. The first kappa shape index (κ1) is 21.3. The number of aromatic nitrogens is 1. The highest BCUT2D eigenvalue weighted by Crippen LogP contribution is 2.29. The number of amides is 2. The number of rotatable bonds is 4. The van der Waals surface area contributed by atoms with Crippen molar-refractivity contribution in [2.24, 2.45) is 0 Å². The van der Waals surface area contributed by atoms with E-state index in [-0.39, 0.29) is 5.91 Å². The predicted molar refractivity (Wildman–Crippen MR) is 115 cm³/mol. The highest BCUT2D eigenvalue weighted by atomic mass is 32.1. The molecule has 156 valence electrons. The van der Waals surface area contributed by atoms with Gasteiger partial charge in [-0.1, -0.05) is 24.3 Å². The quantitative estimate of drug-likeness (QED) is 0.801. The van der Waals surface area contributed by atoms with Crippen LogP contribution in [0.5, 0.6) is 0 Å². The summed E-state index contributed by atoms with van der Waals surface area (Å²) in [7, 11) is 0. The highest BCUT2D eigenvalue weighted by molar-refractivity contribution is 7.15. The van der Waals surface area contributed by atoms with Gasteiger partial charge in [-0.2, -0.15) is 0 Å². The average molecular weight is 416 g/mol. The normalized spacial score (nSPS) is 16.7. The van der Waals surface area contributed by atoms with Gasteiger partial charge in [0.15, 0.2) is 0 Å². The molecular formula is C22H29N3O3S. The maximum atomic E-state index is 12.7. The highest BCUT2D eigenvalue weighted by Gasteiger charge is 2.36. The molecule has 1 aliphatic rings. The molecule has 1 fully saturated rings. The average Bonchev–Trinajstić information content (AvgIpc) is 3.25. The third kappa shape index (κ3) is 5.35. The van der Waals surface area contributed by atoms with E-state index >= 15 is 0 Å². The van der Waals surface area contributed by atoms with Crippen molar-refractivity contribution in [1.82, 2.24) is 15.2 Å². The van der Waals surface area contributed by atoms with Crippen molar-refractivity contribution in [3.05, 3.63) is 40.5 Å². The summed E-state index contributed by atoms with van der Waals surface area (Å²) in [6.07, 6.45) is 1.04. The number of ether oxygens (including phenoxy) is 1. The lowest BCUT2D eigenvalue weighted by atomic mass is 10.1. The maximum absolute atomic E-state index is 12.7. The molecular weight excluding hydrogens is 386 g/mol. The van der Waals surface area contributed by atoms with Crippen LogP contribution in [0.1, 0.15) is 49.9 Å². The van der Waals surface area contributed by atoms with Gasteiger partial charge in [0.1, 0.15) is 11.6 Å². The standard InChI is InChI=1S/C22H29N3O3S/c1-14-19(29-15(2)24-14)17-10-8-16(9-11-17)13-23-20(26)18-7-6-12-25(18)21(27)28-22(3,4)5/h8-11,18H,6-7,12-13H2,1-5H3,(H,23,26). The van der Waals surface area contributed by atoms with Crippen LogP contribution in [0.2, 0.25) is 0 Å². The van der Waals surface area contributed by atoms with Crippen LogP contribution in [-0.4, -0.2) is 40.1 Å². The molecule has 0 bridgehead atoms. The molecule has 0 radical (unpaired) electrons. The molecule has 29 heavy (non-hydrogen) atoms. The van der Waals surface area contributed by atoms with Gasteiger partial charge in [-0.25, -0.2) is 9.78 Å². The van der Waals surface area contributed by atoms with Crippen molar-refractivity contribution >= 4 is 23.3 Å². The molecule has 2 aromatic rings. The van der Waals surface area contributed by atoms with Gasteiger partial charge >= 0.3 is 6.09 Å². The summed E-state index contributed by atoms with van der Waals surface area (Å²) in [6, 6.07) is 7.69.